The van der Waals surface area contributed by atoms with Crippen LogP contribution in [0.5, 0.6) is 0 Å². The van der Waals surface area contributed by atoms with Gasteiger partial charge in [-0.25, -0.2) is 37.8 Å². The number of nitrogens with one attached hydrogen (secondary N) is 2. The number of nitrogen functional groups attached to an aromatic ring is 1. The third-order valence-electron chi connectivity index (χ3n) is 6.65. The molecule has 0 aromatic heterocycles. The molecular weight excluding hydrogens is 739 g/mol. The number of amides is 2. The summed E-state index contributed by atoms with van der Waals surface area (Å²) in [5.74, 6) is -0.306. The van der Waals surface area contributed by atoms with Crippen LogP contribution in [0, 0.1) is 49.0 Å². The summed E-state index contributed by atoms with van der Waals surface area (Å²) in [4.78, 5) is 36.8. The molecule has 5 aromatic rings. The number of thiol groups is 1. The molecule has 56 heavy (non-hydrogen) atoms. The number of carbonyl (C=O) groups is 2. The average Bonchev–Trinajstić information content (AvgIpc) is 3.19. The fourth-order valence-electron chi connectivity index (χ4n) is 4.38. The minimum atomic E-state index is -0.169. The Kier molecular flexibility index (Phi) is 19.4. The number of benzene rings is 5. The predicted molar refractivity (Wildman–Crippen MR) is 225 cm³/mol. The van der Waals surface area contributed by atoms with Crippen LogP contribution in [0.1, 0.15) is 25.0 Å². The van der Waals surface area contributed by atoms with Gasteiger partial charge in [0.15, 0.2) is 0 Å². The highest BCUT2D eigenvalue weighted by atomic mass is 32.2. The SMILES string of the molecule is Sc1ccccc1.[C-]#[N+]/C(C#N)=C\c1ccc(NC(C)=O)cc1.[C-]#[N+]C[N+]#[C-].[C-]#[N+]c1c(N)cc(Sc2ccccc2)c(C#N)c1-c1ccc(NC(C)=O)cc1. The third-order valence-corrected chi connectivity index (χ3v) is 8.00. The molecule has 0 fully saturated rings. The number of allylic oxidation sites excluding steroid dienone is 1. The van der Waals surface area contributed by atoms with E-state index >= 15 is 0 Å². The summed E-state index contributed by atoms with van der Waals surface area (Å²) in [5.41, 5.74) is 10.4. The second kappa shape index (κ2) is 24.5. The zero-order valence-electron chi connectivity index (χ0n) is 30.2. The number of rotatable bonds is 6. The molecule has 0 aliphatic rings. The molecule has 0 spiro atoms. The maximum Gasteiger partial charge on any atom is 0.466 e. The van der Waals surface area contributed by atoms with Gasteiger partial charge in [0.05, 0.1) is 30.8 Å². The van der Waals surface area contributed by atoms with Crippen molar-refractivity contribution in [3.8, 4) is 23.3 Å². The number of hydrogen-bond acceptors (Lipinski definition) is 7. The summed E-state index contributed by atoms with van der Waals surface area (Å²) in [6, 6.07) is 39.1. The Labute approximate surface area is 336 Å². The van der Waals surface area contributed by atoms with Crippen LogP contribution >= 0.6 is 24.4 Å². The minimum Gasteiger partial charge on any atom is -0.407 e. The van der Waals surface area contributed by atoms with Gasteiger partial charge < -0.3 is 16.4 Å². The summed E-state index contributed by atoms with van der Waals surface area (Å²) in [5, 5.41) is 23.8. The Balaban J connectivity index is 0.000000322. The van der Waals surface area contributed by atoms with Gasteiger partial charge in [-0.3, -0.25) is 9.59 Å². The highest BCUT2D eigenvalue weighted by molar-refractivity contribution is 7.99. The predicted octanol–water partition coefficient (Wildman–Crippen LogP) is 10.7. The first kappa shape index (κ1) is 44.4. The highest BCUT2D eigenvalue weighted by Gasteiger charge is 2.19. The molecule has 274 valence electrons. The molecule has 13 heteroatoms. The summed E-state index contributed by atoms with van der Waals surface area (Å²) in [7, 11) is 0. The number of nitrogens with two attached hydrogens (primary N) is 1. The Bertz CT molecular complexity index is 2370. The van der Waals surface area contributed by atoms with Crippen molar-refractivity contribution >= 4 is 65.0 Å². The van der Waals surface area contributed by atoms with Gasteiger partial charge >= 0.3 is 6.67 Å². The van der Waals surface area contributed by atoms with Gasteiger partial charge in [-0.15, -0.1) is 12.6 Å². The topological polar surface area (TPSA) is 149 Å². The lowest BCUT2D eigenvalue weighted by atomic mass is 9.97. The van der Waals surface area contributed by atoms with Crippen LogP contribution in [-0.2, 0) is 9.59 Å². The molecule has 5 rings (SSSR count). The smallest absolute Gasteiger partial charge is 0.407 e. The fourth-order valence-corrected chi connectivity index (χ4v) is 5.53. The second-order valence-corrected chi connectivity index (χ2v) is 12.4. The molecule has 4 N–H and O–H groups in total. The van der Waals surface area contributed by atoms with Crippen molar-refractivity contribution in [1.82, 2.24) is 0 Å². The Morgan fingerprint density at radius 2 is 1.32 bits per heavy atom. The van der Waals surface area contributed by atoms with Crippen molar-refractivity contribution in [3.05, 3.63) is 178 Å². The molecule has 5 aromatic carbocycles. The largest absolute Gasteiger partial charge is 0.466 e. The molecule has 2 amide bonds. The minimum absolute atomic E-state index is 0.0278. The third kappa shape index (κ3) is 15.4. The molecule has 0 saturated heterocycles. The maximum absolute atomic E-state index is 11.2. The van der Waals surface area contributed by atoms with E-state index < -0.39 is 0 Å². The van der Waals surface area contributed by atoms with Crippen molar-refractivity contribution in [2.75, 3.05) is 23.0 Å². The van der Waals surface area contributed by atoms with Crippen LogP contribution in [0.25, 0.3) is 36.6 Å². The van der Waals surface area contributed by atoms with E-state index in [0.717, 1.165) is 15.4 Å². The lowest BCUT2D eigenvalue weighted by Gasteiger charge is -2.14. The van der Waals surface area contributed by atoms with Gasteiger partial charge in [0.1, 0.15) is 0 Å². The van der Waals surface area contributed by atoms with Crippen LogP contribution < -0.4 is 16.4 Å². The molecule has 0 radical (unpaired) electrons. The zero-order valence-corrected chi connectivity index (χ0v) is 31.9. The molecule has 0 heterocycles. The first-order chi connectivity index (χ1) is 27.0. The van der Waals surface area contributed by atoms with E-state index in [1.165, 1.54) is 31.7 Å². The van der Waals surface area contributed by atoms with Gasteiger partial charge in [0.2, 0.25) is 17.5 Å². The first-order valence-electron chi connectivity index (χ1n) is 16.1. The molecular formula is C43H33N9O2S2. The van der Waals surface area contributed by atoms with Crippen LogP contribution in [0.2, 0.25) is 0 Å². The van der Waals surface area contributed by atoms with Crippen LogP contribution in [0.4, 0.5) is 22.7 Å². The van der Waals surface area contributed by atoms with E-state index in [0.29, 0.717) is 38.6 Å². The molecule has 0 aliphatic carbocycles. The summed E-state index contributed by atoms with van der Waals surface area (Å²) >= 11 is 5.51. The average molecular weight is 772 g/mol. The zero-order chi connectivity index (χ0) is 41.3. The molecule has 0 unspecified atom stereocenters. The van der Waals surface area contributed by atoms with E-state index in [4.69, 9.17) is 37.3 Å². The van der Waals surface area contributed by atoms with E-state index in [9.17, 15) is 14.9 Å². The number of nitrogens with zero attached hydrogens (tertiary/aromatic N) is 6. The Morgan fingerprint density at radius 3 is 1.71 bits per heavy atom. The standard InChI is InChI=1S/C22H16N4OS.C12H9N3O.C6H6S.C3H2N2/c1-14(27)26-16-10-8-15(9-11-16)21-18(13-23)20(12-19(24)22(21)25-2)28-17-6-4-3-5-7-17;1-9(16)15-11-5-3-10(4-6-11)7-12(8-13)14-2;7-6-4-2-1-3-5-6;1-4-3-5-2/h3-12H,24H2,1H3,(H,26,27);3-7H,1H3,(H,15,16);1-5,7H;3H2/b;12-7-;;. The molecule has 0 bridgehead atoms. The number of carbonyl (C=O) groups excluding carboxylic acids is 2. The van der Waals surface area contributed by atoms with Crippen molar-refractivity contribution in [1.29, 1.82) is 10.5 Å². The lowest BCUT2D eigenvalue weighted by Crippen LogP contribution is -2.05. The normalized spacial score (nSPS) is 9.34. The number of hydrogen-bond donors (Lipinski definition) is 4. The fraction of sp³-hybridized carbons (Fsp3) is 0.0698. The van der Waals surface area contributed by atoms with Gasteiger partial charge in [0, 0.05) is 51.2 Å². The van der Waals surface area contributed by atoms with Crippen LogP contribution in [-0.4, -0.2) is 18.5 Å². The molecule has 11 nitrogen and oxygen atoms in total. The van der Waals surface area contributed by atoms with E-state index in [1.807, 2.05) is 60.7 Å². The second-order valence-electron chi connectivity index (χ2n) is 10.8. The summed E-state index contributed by atoms with van der Waals surface area (Å²) in [6.07, 6.45) is 1.49. The van der Waals surface area contributed by atoms with E-state index in [2.05, 4.69) is 48.7 Å². The number of anilines is 3. The van der Waals surface area contributed by atoms with Gasteiger partial charge in [-0.05, 0) is 71.8 Å². The van der Waals surface area contributed by atoms with Gasteiger partial charge in [0.25, 0.3) is 5.70 Å². The lowest BCUT2D eigenvalue weighted by molar-refractivity contribution is -0.115. The molecule has 0 saturated carbocycles. The van der Waals surface area contributed by atoms with Gasteiger partial charge in [-0.1, -0.05) is 72.4 Å². The van der Waals surface area contributed by atoms with Crippen molar-refractivity contribution in [2.24, 2.45) is 0 Å². The van der Waals surface area contributed by atoms with E-state index in [1.54, 1.807) is 60.7 Å². The van der Waals surface area contributed by atoms with Crippen molar-refractivity contribution in [3.63, 3.8) is 0 Å². The first-order valence-corrected chi connectivity index (χ1v) is 17.4. The summed E-state index contributed by atoms with van der Waals surface area (Å²) in [6.45, 7) is 29.1. The highest BCUT2D eigenvalue weighted by Crippen LogP contribution is 2.44. The van der Waals surface area contributed by atoms with Crippen LogP contribution in [0.3, 0.4) is 0 Å². The van der Waals surface area contributed by atoms with E-state index in [-0.39, 0.29) is 29.9 Å². The Morgan fingerprint density at radius 1 is 0.804 bits per heavy atom. The quantitative estimate of drug-likeness (QED) is 0.0584. The van der Waals surface area contributed by atoms with Crippen LogP contribution in [0.15, 0.2) is 136 Å². The number of nitriles is 2. The monoisotopic (exact) mass is 771 g/mol. The maximum atomic E-state index is 11.2. The van der Waals surface area contributed by atoms with Gasteiger partial charge in [-0.2, -0.15) is 5.26 Å². The Hall–Kier alpha value is -7.78. The van der Waals surface area contributed by atoms with Crippen molar-refractivity contribution in [2.45, 2.75) is 28.5 Å². The molecule has 0 aliphatic heterocycles. The summed E-state index contributed by atoms with van der Waals surface area (Å²) < 4.78 is 0. The van der Waals surface area contributed by atoms with Crippen molar-refractivity contribution < 1.29 is 9.59 Å². The molecule has 0 atom stereocenters.